The van der Waals surface area contributed by atoms with Crippen LogP contribution in [0.4, 0.5) is 5.69 Å². The SMILES string of the molecule is CCC(C)NC(=O)C(Cc1ccccc1)N(Cc1ccc(Cl)cc1Cl)C(=O)CN(c1ccc(Cl)cc1)S(=O)(=O)c1ccc(C)cc1. The van der Waals surface area contributed by atoms with Crippen molar-refractivity contribution < 1.29 is 18.0 Å². The van der Waals surface area contributed by atoms with E-state index in [4.69, 9.17) is 34.8 Å². The van der Waals surface area contributed by atoms with Crippen LogP contribution in [0.2, 0.25) is 15.1 Å². The topological polar surface area (TPSA) is 86.8 Å². The van der Waals surface area contributed by atoms with E-state index in [2.05, 4.69) is 5.32 Å². The van der Waals surface area contributed by atoms with E-state index in [1.807, 2.05) is 51.1 Å². The van der Waals surface area contributed by atoms with Gasteiger partial charge in [-0.1, -0.05) is 95.8 Å². The van der Waals surface area contributed by atoms with Gasteiger partial charge in [0.05, 0.1) is 10.6 Å². The first kappa shape index (κ1) is 35.3. The van der Waals surface area contributed by atoms with Gasteiger partial charge in [0.2, 0.25) is 11.8 Å². The molecule has 0 saturated heterocycles. The Morgan fingerprint density at radius 3 is 2.09 bits per heavy atom. The third-order valence-corrected chi connectivity index (χ3v) is 10.3. The summed E-state index contributed by atoms with van der Waals surface area (Å²) in [4.78, 5) is 29.9. The highest BCUT2D eigenvalue weighted by atomic mass is 35.5. The van der Waals surface area contributed by atoms with Gasteiger partial charge in [-0.2, -0.15) is 0 Å². The summed E-state index contributed by atoms with van der Waals surface area (Å²) in [6, 6.07) is 25.7. The Kier molecular flexibility index (Phi) is 12.1. The molecule has 0 aromatic heterocycles. The number of rotatable bonds is 13. The Morgan fingerprint density at radius 1 is 0.848 bits per heavy atom. The van der Waals surface area contributed by atoms with E-state index in [1.54, 1.807) is 54.6 Å². The number of hydrogen-bond donors (Lipinski definition) is 1. The van der Waals surface area contributed by atoms with Crippen molar-refractivity contribution in [2.24, 2.45) is 0 Å². The van der Waals surface area contributed by atoms with Crippen molar-refractivity contribution in [2.45, 2.75) is 57.1 Å². The van der Waals surface area contributed by atoms with Crippen molar-refractivity contribution in [3.63, 3.8) is 0 Å². The molecule has 4 aromatic rings. The number of hydrogen-bond acceptors (Lipinski definition) is 4. The van der Waals surface area contributed by atoms with Crippen molar-refractivity contribution in [1.82, 2.24) is 10.2 Å². The van der Waals surface area contributed by atoms with Gasteiger partial charge >= 0.3 is 0 Å². The minimum Gasteiger partial charge on any atom is -0.352 e. The van der Waals surface area contributed by atoms with Crippen LogP contribution in [0.1, 0.15) is 37.0 Å². The molecule has 46 heavy (non-hydrogen) atoms. The Hall–Kier alpha value is -3.56. The third-order valence-electron chi connectivity index (χ3n) is 7.63. The monoisotopic (exact) mass is 699 g/mol. The van der Waals surface area contributed by atoms with E-state index in [1.165, 1.54) is 17.0 Å². The summed E-state index contributed by atoms with van der Waals surface area (Å²) in [5.74, 6) is -0.965. The van der Waals surface area contributed by atoms with E-state index in [-0.39, 0.29) is 35.5 Å². The fourth-order valence-electron chi connectivity index (χ4n) is 4.80. The van der Waals surface area contributed by atoms with Crippen LogP contribution in [-0.4, -0.2) is 43.8 Å². The maximum Gasteiger partial charge on any atom is 0.264 e. The second kappa shape index (κ2) is 15.8. The molecule has 0 bridgehead atoms. The molecule has 11 heteroatoms. The molecule has 0 heterocycles. The van der Waals surface area contributed by atoms with Crippen LogP contribution in [0.15, 0.2) is 102 Å². The van der Waals surface area contributed by atoms with Gasteiger partial charge in [-0.15, -0.1) is 0 Å². The van der Waals surface area contributed by atoms with Crippen LogP contribution >= 0.6 is 34.8 Å². The van der Waals surface area contributed by atoms with Crippen molar-refractivity contribution in [2.75, 3.05) is 10.8 Å². The first-order valence-electron chi connectivity index (χ1n) is 14.8. The Balaban J connectivity index is 1.82. The van der Waals surface area contributed by atoms with E-state index >= 15 is 0 Å². The predicted octanol–water partition coefficient (Wildman–Crippen LogP) is 7.71. The maximum absolute atomic E-state index is 14.5. The zero-order chi connectivity index (χ0) is 33.4. The number of nitrogens with one attached hydrogen (secondary N) is 1. The highest BCUT2D eigenvalue weighted by Crippen LogP contribution is 2.28. The molecule has 4 aromatic carbocycles. The number of benzene rings is 4. The molecule has 2 atom stereocenters. The van der Waals surface area contributed by atoms with E-state index < -0.39 is 28.5 Å². The number of aryl methyl sites for hydroxylation is 1. The van der Waals surface area contributed by atoms with Gasteiger partial charge < -0.3 is 10.2 Å². The smallest absolute Gasteiger partial charge is 0.264 e. The van der Waals surface area contributed by atoms with E-state index in [0.717, 1.165) is 15.4 Å². The Labute approximate surface area is 286 Å². The number of carbonyl (C=O) groups excluding carboxylic acids is 2. The van der Waals surface area contributed by atoms with Gasteiger partial charge in [-0.25, -0.2) is 8.42 Å². The summed E-state index contributed by atoms with van der Waals surface area (Å²) < 4.78 is 29.3. The van der Waals surface area contributed by atoms with Crippen LogP contribution in [-0.2, 0) is 32.6 Å². The fourth-order valence-corrected chi connectivity index (χ4v) is 6.81. The number of carbonyl (C=O) groups is 2. The second-order valence-electron chi connectivity index (χ2n) is 11.1. The highest BCUT2D eigenvalue weighted by Gasteiger charge is 2.35. The normalized spacial score (nSPS) is 12.7. The quantitative estimate of drug-likeness (QED) is 0.155. The molecule has 0 aliphatic rings. The molecule has 2 amide bonds. The van der Waals surface area contributed by atoms with Gasteiger partial charge in [0.15, 0.2) is 0 Å². The number of anilines is 1. The minimum atomic E-state index is -4.23. The lowest BCUT2D eigenvalue weighted by atomic mass is 10.0. The summed E-state index contributed by atoms with van der Waals surface area (Å²) in [6.07, 6.45) is 0.867. The molecular formula is C35H36Cl3N3O4S. The number of sulfonamides is 1. The molecule has 0 aliphatic carbocycles. The Morgan fingerprint density at radius 2 is 1.48 bits per heavy atom. The molecule has 0 saturated carbocycles. The zero-order valence-electron chi connectivity index (χ0n) is 25.8. The first-order chi connectivity index (χ1) is 21.9. The van der Waals surface area contributed by atoms with E-state index in [9.17, 15) is 18.0 Å². The predicted molar refractivity (Wildman–Crippen MR) is 186 cm³/mol. The molecule has 0 radical (unpaired) electrons. The van der Waals surface area contributed by atoms with Crippen molar-refractivity contribution in [3.8, 4) is 0 Å². The second-order valence-corrected chi connectivity index (χ2v) is 14.2. The Bertz CT molecular complexity index is 1750. The largest absolute Gasteiger partial charge is 0.352 e. The van der Waals surface area contributed by atoms with Crippen molar-refractivity contribution in [1.29, 1.82) is 0 Å². The fraction of sp³-hybridized carbons (Fsp3) is 0.257. The van der Waals surface area contributed by atoms with Gasteiger partial charge in [0.1, 0.15) is 12.6 Å². The van der Waals surface area contributed by atoms with Gasteiger partial charge in [0, 0.05) is 34.1 Å². The minimum absolute atomic E-state index is 0.0171. The summed E-state index contributed by atoms with van der Waals surface area (Å²) in [5, 5.41) is 4.15. The van der Waals surface area contributed by atoms with Crippen LogP contribution in [0.25, 0.3) is 0 Å². The summed E-state index contributed by atoms with van der Waals surface area (Å²) in [6.45, 7) is 5.03. The van der Waals surface area contributed by atoms with Crippen LogP contribution in [0, 0.1) is 6.92 Å². The third kappa shape index (κ3) is 9.04. The summed E-state index contributed by atoms with van der Waals surface area (Å²) in [5.41, 5.74) is 2.50. The van der Waals surface area contributed by atoms with Crippen molar-refractivity contribution >= 4 is 62.3 Å². The van der Waals surface area contributed by atoms with Gasteiger partial charge in [0.25, 0.3) is 10.0 Å². The number of nitrogens with zero attached hydrogens (tertiary/aromatic N) is 2. The first-order valence-corrected chi connectivity index (χ1v) is 17.4. The molecule has 0 aliphatic heterocycles. The highest BCUT2D eigenvalue weighted by molar-refractivity contribution is 7.92. The molecule has 7 nitrogen and oxygen atoms in total. The summed E-state index contributed by atoms with van der Waals surface area (Å²) >= 11 is 18.9. The van der Waals surface area contributed by atoms with Crippen molar-refractivity contribution in [3.05, 3.63) is 129 Å². The number of halogens is 3. The average Bonchev–Trinajstić information content (AvgIpc) is 3.03. The molecule has 2 unspecified atom stereocenters. The van der Waals surface area contributed by atoms with E-state index in [0.29, 0.717) is 27.1 Å². The van der Waals surface area contributed by atoms with Crippen LogP contribution in [0.3, 0.4) is 0 Å². The van der Waals surface area contributed by atoms with Gasteiger partial charge in [-0.3, -0.25) is 13.9 Å². The summed E-state index contributed by atoms with van der Waals surface area (Å²) in [7, 11) is -4.23. The molecule has 0 spiro atoms. The van der Waals surface area contributed by atoms with Crippen LogP contribution < -0.4 is 9.62 Å². The molecule has 4 rings (SSSR count). The zero-order valence-corrected chi connectivity index (χ0v) is 28.9. The van der Waals surface area contributed by atoms with Crippen LogP contribution in [0.5, 0.6) is 0 Å². The lowest BCUT2D eigenvalue weighted by Crippen LogP contribution is -2.54. The molecule has 242 valence electrons. The standard InChI is InChI=1S/C35H36Cl3N3O4S/c1-4-25(3)39-35(43)33(20-26-8-6-5-7-9-26)40(22-27-12-13-29(37)21-32(27)38)34(42)23-41(30-16-14-28(36)15-17-30)46(44,45)31-18-10-24(2)11-19-31/h5-19,21,25,33H,4,20,22-23H2,1-3H3,(H,39,43). The molecule has 1 N–H and O–H groups in total. The maximum atomic E-state index is 14.5. The van der Waals surface area contributed by atoms with Gasteiger partial charge in [-0.05, 0) is 79.9 Å². The number of amides is 2. The lowest BCUT2D eigenvalue weighted by molar-refractivity contribution is -0.140. The molecule has 0 fully saturated rings. The average molecular weight is 701 g/mol. The molecular weight excluding hydrogens is 665 g/mol. The lowest BCUT2D eigenvalue weighted by Gasteiger charge is -2.34.